The van der Waals surface area contributed by atoms with E-state index in [9.17, 15) is 0 Å². The van der Waals surface area contributed by atoms with Crippen LogP contribution in [0.15, 0.2) is 24.3 Å². The number of terminal acetylenes is 1. The highest BCUT2D eigenvalue weighted by Crippen LogP contribution is 2.27. The molecule has 1 aromatic carbocycles. The van der Waals surface area contributed by atoms with Crippen molar-refractivity contribution >= 4 is 5.69 Å². The Kier molecular flexibility index (Phi) is 3.48. The highest BCUT2D eigenvalue weighted by atomic mass is 14.9. The van der Waals surface area contributed by atoms with Crippen LogP contribution in [-0.2, 0) is 0 Å². The Balaban J connectivity index is 2.06. The Labute approximate surface area is 97.2 Å². The van der Waals surface area contributed by atoms with Gasteiger partial charge in [-0.25, -0.2) is 0 Å². The van der Waals surface area contributed by atoms with E-state index in [-0.39, 0.29) is 0 Å². The second-order valence-electron chi connectivity index (χ2n) is 4.40. The van der Waals surface area contributed by atoms with Gasteiger partial charge in [-0.05, 0) is 43.5 Å². The highest BCUT2D eigenvalue weighted by Gasteiger charge is 2.25. The van der Waals surface area contributed by atoms with Gasteiger partial charge in [-0.1, -0.05) is 18.4 Å². The maximum atomic E-state index is 5.76. The van der Waals surface area contributed by atoms with Crippen LogP contribution in [0.4, 0.5) is 5.69 Å². The highest BCUT2D eigenvalue weighted by molar-refractivity contribution is 5.50. The van der Waals surface area contributed by atoms with Crippen molar-refractivity contribution in [3.63, 3.8) is 0 Å². The van der Waals surface area contributed by atoms with Gasteiger partial charge in [0.1, 0.15) is 0 Å². The molecule has 2 nitrogen and oxygen atoms in total. The number of rotatable bonds is 3. The van der Waals surface area contributed by atoms with Crippen molar-refractivity contribution in [1.29, 1.82) is 0 Å². The Morgan fingerprint density at radius 2 is 2.31 bits per heavy atom. The Morgan fingerprint density at radius 1 is 1.44 bits per heavy atom. The van der Waals surface area contributed by atoms with E-state index < -0.39 is 0 Å². The third kappa shape index (κ3) is 2.37. The molecule has 0 aliphatic heterocycles. The van der Waals surface area contributed by atoms with Gasteiger partial charge in [0.15, 0.2) is 0 Å². The summed E-state index contributed by atoms with van der Waals surface area (Å²) < 4.78 is 0. The zero-order chi connectivity index (χ0) is 11.4. The van der Waals surface area contributed by atoms with Gasteiger partial charge in [0.25, 0.3) is 0 Å². The molecule has 0 saturated heterocycles. The van der Waals surface area contributed by atoms with Crippen LogP contribution < -0.4 is 11.1 Å². The van der Waals surface area contributed by atoms with Gasteiger partial charge in [-0.15, -0.1) is 6.42 Å². The lowest BCUT2D eigenvalue weighted by atomic mass is 10.0. The minimum absolute atomic E-state index is 0.512. The van der Waals surface area contributed by atoms with Crippen LogP contribution in [0, 0.1) is 18.3 Å². The van der Waals surface area contributed by atoms with Crippen LogP contribution in [-0.4, -0.2) is 12.6 Å². The molecular weight excluding hydrogens is 196 g/mol. The average molecular weight is 214 g/mol. The van der Waals surface area contributed by atoms with E-state index in [1.165, 1.54) is 19.3 Å². The molecule has 2 heteroatoms. The van der Waals surface area contributed by atoms with Crippen LogP contribution in [0.5, 0.6) is 0 Å². The van der Waals surface area contributed by atoms with Crippen LogP contribution in [0.3, 0.4) is 0 Å². The third-order valence-corrected chi connectivity index (χ3v) is 3.34. The number of hydrogen-bond acceptors (Lipinski definition) is 2. The van der Waals surface area contributed by atoms with Gasteiger partial charge in [0, 0.05) is 17.3 Å². The van der Waals surface area contributed by atoms with Crippen LogP contribution >= 0.6 is 0 Å². The van der Waals surface area contributed by atoms with Crippen molar-refractivity contribution in [2.24, 2.45) is 11.7 Å². The van der Waals surface area contributed by atoms with E-state index in [1.807, 2.05) is 18.2 Å². The maximum absolute atomic E-state index is 5.76. The van der Waals surface area contributed by atoms with Crippen LogP contribution in [0.1, 0.15) is 24.8 Å². The molecule has 0 radical (unpaired) electrons. The minimum Gasteiger partial charge on any atom is -0.382 e. The van der Waals surface area contributed by atoms with Crippen molar-refractivity contribution in [3.8, 4) is 12.3 Å². The Bertz CT molecular complexity index is 392. The molecule has 1 fully saturated rings. The van der Waals surface area contributed by atoms with E-state index in [2.05, 4.69) is 17.3 Å². The summed E-state index contributed by atoms with van der Waals surface area (Å²) in [6.07, 6.45) is 9.10. The van der Waals surface area contributed by atoms with Crippen molar-refractivity contribution in [1.82, 2.24) is 0 Å². The zero-order valence-corrected chi connectivity index (χ0v) is 9.45. The topological polar surface area (TPSA) is 38.0 Å². The first kappa shape index (κ1) is 11.0. The largest absolute Gasteiger partial charge is 0.382 e. The lowest BCUT2D eigenvalue weighted by Gasteiger charge is -2.20. The second-order valence-corrected chi connectivity index (χ2v) is 4.40. The Morgan fingerprint density at radius 3 is 3.06 bits per heavy atom. The molecule has 1 aliphatic carbocycles. The molecule has 1 saturated carbocycles. The summed E-state index contributed by atoms with van der Waals surface area (Å²) in [4.78, 5) is 0. The van der Waals surface area contributed by atoms with Crippen LogP contribution in [0.2, 0.25) is 0 Å². The normalized spacial score (nSPS) is 24.0. The van der Waals surface area contributed by atoms with Crippen molar-refractivity contribution in [3.05, 3.63) is 29.8 Å². The van der Waals surface area contributed by atoms with Gasteiger partial charge in [0.2, 0.25) is 0 Å². The summed E-state index contributed by atoms with van der Waals surface area (Å²) in [7, 11) is 0. The maximum Gasteiger partial charge on any atom is 0.0354 e. The van der Waals surface area contributed by atoms with Gasteiger partial charge < -0.3 is 11.1 Å². The smallest absolute Gasteiger partial charge is 0.0354 e. The molecule has 2 unspecified atom stereocenters. The summed E-state index contributed by atoms with van der Waals surface area (Å²) in [6.45, 7) is 0.770. The quantitative estimate of drug-likeness (QED) is 0.757. The van der Waals surface area contributed by atoms with E-state index >= 15 is 0 Å². The summed E-state index contributed by atoms with van der Waals surface area (Å²) in [5, 5.41) is 3.54. The number of nitrogens with two attached hydrogens (primary N) is 1. The molecule has 84 valence electrons. The molecule has 2 rings (SSSR count). The monoisotopic (exact) mass is 214 g/mol. The number of anilines is 1. The fraction of sp³-hybridized carbons (Fsp3) is 0.429. The van der Waals surface area contributed by atoms with Crippen molar-refractivity contribution in [2.75, 3.05) is 11.9 Å². The molecule has 0 bridgehead atoms. The molecule has 0 aromatic heterocycles. The van der Waals surface area contributed by atoms with Gasteiger partial charge in [-0.3, -0.25) is 0 Å². The SMILES string of the molecule is C#Cc1cccc(NC2CCCC2CN)c1. The van der Waals surface area contributed by atoms with Crippen molar-refractivity contribution < 1.29 is 0 Å². The van der Waals surface area contributed by atoms with Crippen LogP contribution in [0.25, 0.3) is 0 Å². The molecule has 2 atom stereocenters. The summed E-state index contributed by atoms with van der Waals surface area (Å²) >= 11 is 0. The fourth-order valence-corrected chi connectivity index (χ4v) is 2.42. The number of benzene rings is 1. The lowest BCUT2D eigenvalue weighted by Crippen LogP contribution is -2.29. The minimum atomic E-state index is 0.512. The average Bonchev–Trinajstić information content (AvgIpc) is 2.76. The molecule has 1 aliphatic rings. The number of nitrogens with one attached hydrogen (secondary N) is 1. The van der Waals surface area contributed by atoms with Gasteiger partial charge >= 0.3 is 0 Å². The summed E-state index contributed by atoms with van der Waals surface area (Å²) in [5.74, 6) is 3.26. The molecule has 0 spiro atoms. The van der Waals surface area contributed by atoms with E-state index in [4.69, 9.17) is 12.2 Å². The predicted molar refractivity (Wildman–Crippen MR) is 68.2 cm³/mol. The van der Waals surface area contributed by atoms with Gasteiger partial charge in [0.05, 0.1) is 0 Å². The first-order chi connectivity index (χ1) is 7.83. The standard InChI is InChI=1S/C14H18N2/c1-2-11-5-3-7-13(9-11)16-14-8-4-6-12(14)10-15/h1,3,5,7,9,12,14,16H,4,6,8,10,15H2. The number of hydrogen-bond donors (Lipinski definition) is 2. The first-order valence-corrected chi connectivity index (χ1v) is 5.87. The predicted octanol–water partition coefficient (Wildman–Crippen LogP) is 2.21. The Hall–Kier alpha value is -1.46. The molecular formula is C14H18N2. The first-order valence-electron chi connectivity index (χ1n) is 5.87. The zero-order valence-electron chi connectivity index (χ0n) is 9.45. The van der Waals surface area contributed by atoms with Crippen molar-refractivity contribution in [2.45, 2.75) is 25.3 Å². The fourth-order valence-electron chi connectivity index (χ4n) is 2.42. The molecule has 16 heavy (non-hydrogen) atoms. The molecule has 0 amide bonds. The molecule has 0 heterocycles. The molecule has 3 N–H and O–H groups in total. The summed E-state index contributed by atoms with van der Waals surface area (Å²) in [6, 6.07) is 8.53. The molecule has 1 aromatic rings. The van der Waals surface area contributed by atoms with E-state index in [0.717, 1.165) is 17.8 Å². The lowest BCUT2D eigenvalue weighted by molar-refractivity contribution is 0.516. The summed E-state index contributed by atoms with van der Waals surface area (Å²) in [5.41, 5.74) is 7.80. The second kappa shape index (κ2) is 5.05. The van der Waals surface area contributed by atoms with E-state index in [1.54, 1.807) is 0 Å². The third-order valence-electron chi connectivity index (χ3n) is 3.34. The van der Waals surface area contributed by atoms with Gasteiger partial charge in [-0.2, -0.15) is 0 Å². The van der Waals surface area contributed by atoms with E-state index in [0.29, 0.717) is 12.0 Å².